The van der Waals surface area contributed by atoms with Crippen LogP contribution in [0.5, 0.6) is 0 Å². The molecule has 1 aliphatic rings. The summed E-state index contributed by atoms with van der Waals surface area (Å²) in [7, 11) is 1.93. The van der Waals surface area contributed by atoms with E-state index in [0.29, 0.717) is 0 Å². The molecule has 0 N–H and O–H groups in total. The summed E-state index contributed by atoms with van der Waals surface area (Å²) in [5, 5.41) is 2.09. The molecule has 100 valence electrons. The van der Waals surface area contributed by atoms with E-state index in [2.05, 4.69) is 24.4 Å². The Morgan fingerprint density at radius 1 is 1.44 bits per heavy atom. The van der Waals surface area contributed by atoms with Crippen LogP contribution in [-0.4, -0.2) is 42.0 Å². The molecular formula is C14H22N2OS. The molecule has 0 aliphatic carbocycles. The summed E-state index contributed by atoms with van der Waals surface area (Å²) in [6.07, 6.45) is 4.52. The highest BCUT2D eigenvalue weighted by Crippen LogP contribution is 2.16. The van der Waals surface area contributed by atoms with E-state index in [4.69, 9.17) is 0 Å². The van der Waals surface area contributed by atoms with E-state index in [1.165, 1.54) is 11.3 Å². The number of likely N-dealkylation sites (N-methyl/N-ethyl adjacent to an activating group) is 1. The lowest BCUT2D eigenvalue weighted by atomic mass is 10.1. The van der Waals surface area contributed by atoms with Crippen molar-refractivity contribution in [2.24, 2.45) is 0 Å². The predicted octanol–water partition coefficient (Wildman–Crippen LogP) is 3.22. The summed E-state index contributed by atoms with van der Waals surface area (Å²) < 4.78 is 0. The van der Waals surface area contributed by atoms with Crippen molar-refractivity contribution in [2.45, 2.75) is 38.6 Å². The Bertz CT molecular complexity index is 371. The van der Waals surface area contributed by atoms with Crippen LogP contribution in [0, 0.1) is 0 Å². The van der Waals surface area contributed by atoms with Gasteiger partial charge in [-0.2, -0.15) is 0 Å². The summed E-state index contributed by atoms with van der Waals surface area (Å²) in [5.74, 6) is 0. The van der Waals surface area contributed by atoms with Crippen LogP contribution < -0.4 is 0 Å². The lowest BCUT2D eigenvalue weighted by Gasteiger charge is -2.34. The Hall–Kier alpha value is -1.03. The number of rotatable bonds is 3. The van der Waals surface area contributed by atoms with Crippen LogP contribution in [0.2, 0.25) is 0 Å². The van der Waals surface area contributed by atoms with Gasteiger partial charge in [-0.3, -0.25) is 0 Å². The molecule has 1 atom stereocenters. The fourth-order valence-electron chi connectivity index (χ4n) is 2.35. The van der Waals surface area contributed by atoms with Crippen LogP contribution in [0.15, 0.2) is 17.5 Å². The van der Waals surface area contributed by atoms with Crippen molar-refractivity contribution in [1.29, 1.82) is 0 Å². The second-order valence-electron chi connectivity index (χ2n) is 5.07. The highest BCUT2D eigenvalue weighted by Gasteiger charge is 2.23. The van der Waals surface area contributed by atoms with Crippen LogP contribution in [0.1, 0.15) is 31.1 Å². The molecule has 2 rings (SSSR count). The molecule has 1 fully saturated rings. The smallest absolute Gasteiger partial charge is 0.319 e. The van der Waals surface area contributed by atoms with E-state index in [1.807, 2.05) is 16.8 Å². The highest BCUT2D eigenvalue weighted by molar-refractivity contribution is 7.09. The number of urea groups is 1. The van der Waals surface area contributed by atoms with Gasteiger partial charge >= 0.3 is 6.03 Å². The topological polar surface area (TPSA) is 23.6 Å². The number of hydrogen-bond donors (Lipinski definition) is 0. The van der Waals surface area contributed by atoms with Crippen molar-refractivity contribution < 1.29 is 4.79 Å². The molecule has 1 saturated heterocycles. The van der Waals surface area contributed by atoms with Gasteiger partial charge in [0.2, 0.25) is 0 Å². The number of amides is 2. The van der Waals surface area contributed by atoms with Gasteiger partial charge in [-0.1, -0.05) is 6.07 Å². The van der Waals surface area contributed by atoms with Crippen LogP contribution in [-0.2, 0) is 6.42 Å². The van der Waals surface area contributed by atoms with E-state index >= 15 is 0 Å². The average Bonchev–Trinajstić information content (AvgIpc) is 2.91. The third-order valence-corrected chi connectivity index (χ3v) is 4.56. The van der Waals surface area contributed by atoms with Gasteiger partial charge in [-0.05, 0) is 37.6 Å². The average molecular weight is 266 g/mol. The standard InChI is InChI=1S/C14H22N2OS/c1-12(11-13-7-6-10-18-13)15(2)14(17)16-8-4-3-5-9-16/h6-7,10,12H,3-5,8-9,11H2,1-2H3. The Balaban J connectivity index is 1.88. The van der Waals surface area contributed by atoms with Crippen LogP contribution in [0.3, 0.4) is 0 Å². The van der Waals surface area contributed by atoms with E-state index in [0.717, 1.165) is 32.4 Å². The minimum Gasteiger partial charge on any atom is -0.325 e. The Morgan fingerprint density at radius 3 is 2.78 bits per heavy atom. The van der Waals surface area contributed by atoms with Crippen molar-refractivity contribution in [2.75, 3.05) is 20.1 Å². The minimum atomic E-state index is 0.193. The van der Waals surface area contributed by atoms with Gasteiger partial charge in [0, 0.05) is 37.5 Å². The molecule has 1 unspecified atom stereocenters. The second-order valence-corrected chi connectivity index (χ2v) is 6.11. The Labute approximate surface area is 113 Å². The number of nitrogens with zero attached hydrogens (tertiary/aromatic N) is 2. The highest BCUT2D eigenvalue weighted by atomic mass is 32.1. The van der Waals surface area contributed by atoms with Gasteiger partial charge < -0.3 is 9.80 Å². The summed E-state index contributed by atoms with van der Waals surface area (Å²) in [5.41, 5.74) is 0. The molecular weight excluding hydrogens is 244 g/mol. The van der Waals surface area contributed by atoms with Crippen molar-refractivity contribution in [3.05, 3.63) is 22.4 Å². The maximum absolute atomic E-state index is 12.3. The van der Waals surface area contributed by atoms with E-state index in [9.17, 15) is 4.79 Å². The van der Waals surface area contributed by atoms with Gasteiger partial charge in [0.1, 0.15) is 0 Å². The number of hydrogen-bond acceptors (Lipinski definition) is 2. The molecule has 0 bridgehead atoms. The molecule has 0 radical (unpaired) electrons. The number of carbonyl (C=O) groups excluding carboxylic acids is 1. The van der Waals surface area contributed by atoms with Crippen LogP contribution in [0.4, 0.5) is 4.79 Å². The second kappa shape index (κ2) is 6.23. The Morgan fingerprint density at radius 2 is 2.17 bits per heavy atom. The molecule has 4 heteroatoms. The molecule has 0 saturated carbocycles. The van der Waals surface area contributed by atoms with Crippen LogP contribution in [0.25, 0.3) is 0 Å². The summed E-state index contributed by atoms with van der Waals surface area (Å²) in [6, 6.07) is 4.66. The van der Waals surface area contributed by atoms with Gasteiger partial charge in [-0.15, -0.1) is 11.3 Å². The van der Waals surface area contributed by atoms with Crippen LogP contribution >= 0.6 is 11.3 Å². The maximum atomic E-state index is 12.3. The zero-order valence-electron chi connectivity index (χ0n) is 11.3. The fraction of sp³-hybridized carbons (Fsp3) is 0.643. The van der Waals surface area contributed by atoms with E-state index in [1.54, 1.807) is 11.3 Å². The lowest BCUT2D eigenvalue weighted by molar-refractivity contribution is 0.140. The number of carbonyl (C=O) groups is 1. The summed E-state index contributed by atoms with van der Waals surface area (Å²) in [6.45, 7) is 3.98. The normalized spacial score (nSPS) is 17.6. The first kappa shape index (κ1) is 13.4. The quantitative estimate of drug-likeness (QED) is 0.824. The van der Waals surface area contributed by atoms with Crippen molar-refractivity contribution in [1.82, 2.24) is 9.80 Å². The molecule has 0 spiro atoms. The van der Waals surface area contributed by atoms with E-state index in [-0.39, 0.29) is 12.1 Å². The molecule has 1 aromatic rings. The number of piperidine rings is 1. The first-order valence-corrected chi connectivity index (χ1v) is 7.60. The summed E-state index contributed by atoms with van der Waals surface area (Å²) in [4.78, 5) is 17.6. The van der Waals surface area contributed by atoms with E-state index < -0.39 is 0 Å². The van der Waals surface area contributed by atoms with Gasteiger partial charge in [0.15, 0.2) is 0 Å². The lowest BCUT2D eigenvalue weighted by Crippen LogP contribution is -2.47. The SMILES string of the molecule is CC(Cc1cccs1)N(C)C(=O)N1CCCCC1. The zero-order chi connectivity index (χ0) is 13.0. The molecule has 18 heavy (non-hydrogen) atoms. The first-order valence-electron chi connectivity index (χ1n) is 6.72. The monoisotopic (exact) mass is 266 g/mol. The molecule has 2 heterocycles. The van der Waals surface area contributed by atoms with Crippen molar-refractivity contribution in [3.8, 4) is 0 Å². The van der Waals surface area contributed by atoms with Crippen molar-refractivity contribution in [3.63, 3.8) is 0 Å². The fourth-order valence-corrected chi connectivity index (χ4v) is 3.18. The van der Waals surface area contributed by atoms with Gasteiger partial charge in [0.25, 0.3) is 0 Å². The molecule has 0 aromatic carbocycles. The van der Waals surface area contributed by atoms with Crippen molar-refractivity contribution >= 4 is 17.4 Å². The number of thiophene rings is 1. The van der Waals surface area contributed by atoms with Gasteiger partial charge in [0.05, 0.1) is 0 Å². The molecule has 3 nitrogen and oxygen atoms in total. The minimum absolute atomic E-state index is 0.193. The third-order valence-electron chi connectivity index (χ3n) is 3.67. The number of likely N-dealkylation sites (tertiary alicyclic amines) is 1. The molecule has 2 amide bonds. The zero-order valence-corrected chi connectivity index (χ0v) is 12.1. The maximum Gasteiger partial charge on any atom is 0.319 e. The van der Waals surface area contributed by atoms with Gasteiger partial charge in [-0.25, -0.2) is 4.79 Å². The predicted molar refractivity (Wildman–Crippen MR) is 76.1 cm³/mol. The third kappa shape index (κ3) is 3.25. The first-order chi connectivity index (χ1) is 8.68. The molecule has 1 aromatic heterocycles. The summed E-state index contributed by atoms with van der Waals surface area (Å²) >= 11 is 1.76. The molecule has 1 aliphatic heterocycles. The Kier molecular flexibility index (Phi) is 4.64. The largest absolute Gasteiger partial charge is 0.325 e.